The Balaban J connectivity index is 1.55. The number of primary amides is 1. The molecule has 1 unspecified atom stereocenters. The molecule has 0 bridgehead atoms. The zero-order chi connectivity index (χ0) is 26.9. The Hall–Kier alpha value is -4.00. The molecule has 6 rings (SSSR count). The topological polar surface area (TPSA) is 197 Å². The first-order chi connectivity index (χ1) is 18.2. The monoisotopic (exact) mass is 523 g/mol. The first kappa shape index (κ1) is 24.3. The van der Waals surface area contributed by atoms with E-state index in [9.17, 15) is 34.8 Å². The zero-order valence-corrected chi connectivity index (χ0v) is 20.1. The molecule has 1 aromatic carbocycles. The zero-order valence-electron chi connectivity index (χ0n) is 20.1. The average molecular weight is 523 g/mol. The number of Topliss-reactive ketones (excluding diaryl/α,β-unsaturated/α-hetero) is 2. The van der Waals surface area contributed by atoms with Crippen LogP contribution in [0.25, 0.3) is 16.9 Å². The lowest BCUT2D eigenvalue weighted by Gasteiger charge is -2.51. The first-order valence-corrected chi connectivity index (χ1v) is 12.2. The van der Waals surface area contributed by atoms with E-state index >= 15 is 0 Å². The van der Waals surface area contributed by atoms with Crippen molar-refractivity contribution in [2.45, 2.75) is 24.5 Å². The van der Waals surface area contributed by atoms with E-state index in [0.29, 0.717) is 43.0 Å². The fourth-order valence-electron chi connectivity index (χ4n) is 6.53. The number of carbonyl (C=O) groups excluding carboxylic acids is 3. The van der Waals surface area contributed by atoms with Crippen LogP contribution in [0.1, 0.15) is 17.5 Å². The van der Waals surface area contributed by atoms with Crippen molar-refractivity contribution >= 4 is 23.2 Å². The van der Waals surface area contributed by atoms with E-state index in [1.54, 1.807) is 11.0 Å². The van der Waals surface area contributed by atoms with E-state index in [2.05, 4.69) is 5.16 Å². The predicted octanol–water partition coefficient (Wildman–Crippen LogP) is 0.390. The number of amides is 1. The maximum atomic E-state index is 14.0. The number of rotatable bonds is 3. The summed E-state index contributed by atoms with van der Waals surface area (Å²) in [6.45, 7) is 1.21. The van der Waals surface area contributed by atoms with Crippen molar-refractivity contribution in [2.24, 2.45) is 17.6 Å². The van der Waals surface area contributed by atoms with Crippen LogP contribution in [-0.2, 0) is 25.5 Å². The minimum atomic E-state index is -2.68. The number of nitrogens with zero attached hydrogens (tertiary/aromatic N) is 2. The number of hydrogen-bond donors (Lipinski definition) is 5. The molecule has 1 amide bonds. The highest BCUT2D eigenvalue weighted by Crippen LogP contribution is 2.53. The smallest absolute Gasteiger partial charge is 0.255 e. The molecule has 0 radical (unpaired) electrons. The quantitative estimate of drug-likeness (QED) is 0.349. The van der Waals surface area contributed by atoms with Crippen LogP contribution < -0.4 is 5.73 Å². The summed E-state index contributed by atoms with van der Waals surface area (Å²) in [5.74, 6) is -6.82. The third kappa shape index (κ3) is 3.20. The number of carbonyl (C=O) groups is 3. The highest BCUT2D eigenvalue weighted by atomic mass is 16.5. The van der Waals surface area contributed by atoms with Crippen LogP contribution in [0, 0.1) is 11.8 Å². The standard InChI is InChI=1S/C26H25N3O9/c27-25(35)19-22(32)20(29-3-5-37-6-4-29)15-8-11-7-14-13(12-9-28-38-10-12)1-2-16(30)18(14)21(31)17(11)23(33)26(15,36)24(19)34/h1-2,9-11,15,20,30-31,34,36H,3-8H2,(H2,27,35)/t11-,15?,20+,26-/m0/s1. The van der Waals surface area contributed by atoms with Crippen molar-refractivity contribution in [3.63, 3.8) is 0 Å². The van der Waals surface area contributed by atoms with Crippen LogP contribution in [0.3, 0.4) is 0 Å². The third-order valence-corrected chi connectivity index (χ3v) is 8.23. The van der Waals surface area contributed by atoms with Gasteiger partial charge in [0, 0.05) is 30.1 Å². The summed E-state index contributed by atoms with van der Waals surface area (Å²) in [6.07, 6.45) is 3.09. The van der Waals surface area contributed by atoms with Gasteiger partial charge in [-0.3, -0.25) is 19.3 Å². The highest BCUT2D eigenvalue weighted by molar-refractivity contribution is 6.24. The molecule has 2 heterocycles. The number of aromatic hydroxyl groups is 1. The summed E-state index contributed by atoms with van der Waals surface area (Å²) < 4.78 is 10.4. The lowest BCUT2D eigenvalue weighted by Crippen LogP contribution is -2.67. The summed E-state index contributed by atoms with van der Waals surface area (Å²) in [5, 5.41) is 48.6. The van der Waals surface area contributed by atoms with Crippen molar-refractivity contribution in [3.8, 4) is 16.9 Å². The number of morpholine rings is 1. The second-order valence-electron chi connectivity index (χ2n) is 10.0. The Bertz CT molecular complexity index is 1440. The number of fused-ring (bicyclic) bond motifs is 3. The second kappa shape index (κ2) is 8.51. The molecule has 38 heavy (non-hydrogen) atoms. The first-order valence-electron chi connectivity index (χ1n) is 12.2. The van der Waals surface area contributed by atoms with Gasteiger partial charge in [-0.25, -0.2) is 0 Å². The van der Waals surface area contributed by atoms with E-state index in [4.69, 9.17) is 15.0 Å². The Kier molecular flexibility index (Phi) is 5.45. The van der Waals surface area contributed by atoms with Gasteiger partial charge in [0.05, 0.1) is 31.0 Å². The Morgan fingerprint density at radius 2 is 1.89 bits per heavy atom. The molecule has 1 aliphatic heterocycles. The van der Waals surface area contributed by atoms with Gasteiger partial charge in [0.1, 0.15) is 29.1 Å². The van der Waals surface area contributed by atoms with Crippen LogP contribution in [0.4, 0.5) is 0 Å². The van der Waals surface area contributed by atoms with E-state index in [1.165, 1.54) is 18.5 Å². The molecule has 1 saturated carbocycles. The van der Waals surface area contributed by atoms with Gasteiger partial charge in [0.15, 0.2) is 11.4 Å². The lowest BCUT2D eigenvalue weighted by molar-refractivity contribution is -0.157. The molecule has 1 aromatic heterocycles. The lowest BCUT2D eigenvalue weighted by atomic mass is 9.57. The number of ether oxygens (including phenoxy) is 1. The molecule has 4 atom stereocenters. The van der Waals surface area contributed by atoms with Crippen molar-refractivity contribution in [3.05, 3.63) is 52.6 Å². The van der Waals surface area contributed by atoms with Crippen LogP contribution in [0.15, 0.2) is 46.0 Å². The average Bonchev–Trinajstić information content (AvgIpc) is 3.41. The number of aliphatic hydroxyl groups is 3. The fraction of sp³-hybridized carbons (Fsp3) is 0.385. The van der Waals surface area contributed by atoms with E-state index in [-0.39, 0.29) is 29.7 Å². The number of nitrogens with two attached hydrogens (primary N) is 1. The maximum Gasteiger partial charge on any atom is 0.255 e. The predicted molar refractivity (Wildman–Crippen MR) is 128 cm³/mol. The molecule has 3 aliphatic carbocycles. The molecule has 2 aromatic rings. The molecule has 198 valence electrons. The number of aromatic nitrogens is 1. The minimum Gasteiger partial charge on any atom is -0.508 e. The van der Waals surface area contributed by atoms with E-state index in [0.717, 1.165) is 0 Å². The number of aliphatic hydroxyl groups excluding tert-OH is 2. The van der Waals surface area contributed by atoms with E-state index < -0.39 is 58.0 Å². The Morgan fingerprint density at radius 1 is 1.16 bits per heavy atom. The third-order valence-electron chi connectivity index (χ3n) is 8.23. The van der Waals surface area contributed by atoms with Gasteiger partial charge in [-0.2, -0.15) is 0 Å². The second-order valence-corrected chi connectivity index (χ2v) is 10.0. The molecular formula is C26H25N3O9. The van der Waals surface area contributed by atoms with Gasteiger partial charge < -0.3 is 35.4 Å². The SMILES string of the molecule is NC(=O)C1=C(O)[C@@]2(O)C(=O)C3=C(O)c4c(O)ccc(-c5cnoc5)c4C[C@H]3CC2[C@@H](N2CCOCC2)C1=O. The van der Waals surface area contributed by atoms with E-state index in [1.807, 2.05) is 0 Å². The summed E-state index contributed by atoms with van der Waals surface area (Å²) in [6, 6.07) is 1.88. The van der Waals surface area contributed by atoms with Gasteiger partial charge in [-0.1, -0.05) is 11.2 Å². The molecular weight excluding hydrogens is 498 g/mol. The largest absolute Gasteiger partial charge is 0.508 e. The Morgan fingerprint density at radius 3 is 2.55 bits per heavy atom. The Labute approximate surface area is 215 Å². The van der Waals surface area contributed by atoms with Crippen LogP contribution in [-0.4, -0.2) is 85.9 Å². The maximum absolute atomic E-state index is 14.0. The molecule has 6 N–H and O–H groups in total. The van der Waals surface area contributed by atoms with Gasteiger partial charge in [-0.15, -0.1) is 0 Å². The molecule has 12 heteroatoms. The molecule has 0 spiro atoms. The number of benzene rings is 1. The number of ketones is 2. The van der Waals surface area contributed by atoms with Crippen molar-refractivity contribution in [1.82, 2.24) is 10.1 Å². The summed E-state index contributed by atoms with van der Waals surface area (Å²) >= 11 is 0. The summed E-state index contributed by atoms with van der Waals surface area (Å²) in [5.41, 5.74) is 3.49. The number of phenols is 1. The molecule has 2 fully saturated rings. The summed E-state index contributed by atoms with van der Waals surface area (Å²) in [7, 11) is 0. The molecule has 12 nitrogen and oxygen atoms in total. The van der Waals surface area contributed by atoms with Gasteiger partial charge in [-0.05, 0) is 36.0 Å². The van der Waals surface area contributed by atoms with Gasteiger partial charge in [0.25, 0.3) is 5.91 Å². The van der Waals surface area contributed by atoms with Crippen LogP contribution in [0.5, 0.6) is 5.75 Å². The van der Waals surface area contributed by atoms with Crippen LogP contribution >= 0.6 is 0 Å². The van der Waals surface area contributed by atoms with Crippen molar-refractivity contribution in [2.75, 3.05) is 26.3 Å². The minimum absolute atomic E-state index is 0.0144. The van der Waals surface area contributed by atoms with Gasteiger partial charge in [0.2, 0.25) is 5.78 Å². The molecule has 4 aliphatic rings. The highest BCUT2D eigenvalue weighted by Gasteiger charge is 2.64. The number of hydrogen-bond acceptors (Lipinski definition) is 11. The summed E-state index contributed by atoms with van der Waals surface area (Å²) in [4.78, 5) is 41.5. The van der Waals surface area contributed by atoms with Crippen molar-refractivity contribution < 1.29 is 44.1 Å². The van der Waals surface area contributed by atoms with Crippen molar-refractivity contribution in [1.29, 1.82) is 0 Å². The van der Waals surface area contributed by atoms with Crippen LogP contribution in [0.2, 0.25) is 0 Å². The fourth-order valence-corrected chi connectivity index (χ4v) is 6.53. The normalized spacial score (nSPS) is 29.7. The van der Waals surface area contributed by atoms with Gasteiger partial charge >= 0.3 is 0 Å². The number of phenolic OH excluding ortho intramolecular Hbond substituents is 1. The molecule has 1 saturated heterocycles.